The Balaban J connectivity index is 2.67. The predicted molar refractivity (Wildman–Crippen MR) is 45.0 cm³/mol. The molecular formula is C7H5N5O. The average molecular weight is 175 g/mol. The second-order valence-corrected chi connectivity index (χ2v) is 2.60. The van der Waals surface area contributed by atoms with Crippen LogP contribution in [-0.2, 0) is 0 Å². The Labute approximate surface area is 72.0 Å². The van der Waals surface area contributed by atoms with Gasteiger partial charge in [0.2, 0.25) is 0 Å². The molecule has 13 heavy (non-hydrogen) atoms. The van der Waals surface area contributed by atoms with Gasteiger partial charge in [0.25, 0.3) is 5.71 Å². The molecular weight excluding hydrogens is 170 g/mol. The van der Waals surface area contributed by atoms with Crippen molar-refractivity contribution in [1.82, 2.24) is 19.6 Å². The van der Waals surface area contributed by atoms with E-state index in [1.54, 1.807) is 12.3 Å². The Morgan fingerprint density at radius 2 is 2.38 bits per heavy atom. The summed E-state index contributed by atoms with van der Waals surface area (Å²) in [6, 6.07) is 1.75. The van der Waals surface area contributed by atoms with Crippen LogP contribution in [0.3, 0.4) is 0 Å². The van der Waals surface area contributed by atoms with E-state index < -0.39 is 0 Å². The maximum atomic E-state index is 5.78. The molecule has 0 aliphatic heterocycles. The third-order valence-electron chi connectivity index (χ3n) is 1.86. The molecule has 3 rings (SSSR count). The first-order valence-electron chi connectivity index (χ1n) is 3.68. The van der Waals surface area contributed by atoms with Crippen molar-refractivity contribution in [3.8, 4) is 0 Å². The molecule has 0 saturated carbocycles. The molecule has 3 aromatic rings. The van der Waals surface area contributed by atoms with E-state index in [1.807, 2.05) is 0 Å². The number of anilines is 1. The van der Waals surface area contributed by atoms with Crippen molar-refractivity contribution in [1.29, 1.82) is 0 Å². The van der Waals surface area contributed by atoms with Gasteiger partial charge in [-0.1, -0.05) is 0 Å². The molecule has 0 aliphatic rings. The quantitative estimate of drug-likeness (QED) is 0.536. The largest absolute Gasteiger partial charge is 0.425 e. The van der Waals surface area contributed by atoms with Crippen LogP contribution in [-0.4, -0.2) is 19.6 Å². The molecule has 3 aromatic heterocycles. The third-order valence-corrected chi connectivity index (χ3v) is 1.86. The number of aromatic nitrogens is 4. The fraction of sp³-hybridized carbons (Fsp3) is 0. The number of nitrogens with zero attached hydrogens (tertiary/aromatic N) is 4. The highest BCUT2D eigenvalue weighted by molar-refractivity contribution is 5.81. The van der Waals surface area contributed by atoms with Gasteiger partial charge >= 0.3 is 0 Å². The molecule has 0 fully saturated rings. The lowest BCUT2D eigenvalue weighted by molar-refractivity contribution is 0.591. The van der Waals surface area contributed by atoms with Gasteiger partial charge < -0.3 is 10.2 Å². The SMILES string of the molecule is Nc1c2ncoc2nc2ccnn12. The second kappa shape index (κ2) is 1.98. The molecule has 0 bridgehead atoms. The summed E-state index contributed by atoms with van der Waals surface area (Å²) in [5.41, 5.74) is 7.41. The molecule has 64 valence electrons. The number of nitrogens with two attached hydrogens (primary N) is 1. The molecule has 0 unspecified atom stereocenters. The second-order valence-electron chi connectivity index (χ2n) is 2.60. The first-order valence-corrected chi connectivity index (χ1v) is 3.68. The first kappa shape index (κ1) is 6.41. The lowest BCUT2D eigenvalue weighted by Crippen LogP contribution is -2.00. The number of rotatable bonds is 0. The normalized spacial score (nSPS) is 11.4. The van der Waals surface area contributed by atoms with E-state index in [4.69, 9.17) is 10.2 Å². The number of nitrogen functional groups attached to an aromatic ring is 1. The highest BCUT2D eigenvalue weighted by atomic mass is 16.3. The Hall–Kier alpha value is -2.11. The molecule has 0 saturated heterocycles. The summed E-state index contributed by atoms with van der Waals surface area (Å²) in [5, 5.41) is 4.00. The number of hydrogen-bond donors (Lipinski definition) is 1. The van der Waals surface area contributed by atoms with Crippen LogP contribution in [0.25, 0.3) is 16.9 Å². The van der Waals surface area contributed by atoms with E-state index in [2.05, 4.69) is 15.1 Å². The van der Waals surface area contributed by atoms with E-state index in [-0.39, 0.29) is 0 Å². The molecule has 0 spiro atoms. The zero-order chi connectivity index (χ0) is 8.84. The highest BCUT2D eigenvalue weighted by Crippen LogP contribution is 2.17. The predicted octanol–water partition coefficient (Wildman–Crippen LogP) is 0.453. The summed E-state index contributed by atoms with van der Waals surface area (Å²) < 4.78 is 6.55. The van der Waals surface area contributed by atoms with Crippen LogP contribution in [0.1, 0.15) is 0 Å². The van der Waals surface area contributed by atoms with Crippen molar-refractivity contribution in [2.45, 2.75) is 0 Å². The maximum Gasteiger partial charge on any atom is 0.252 e. The van der Waals surface area contributed by atoms with Gasteiger partial charge in [0.05, 0.1) is 6.20 Å². The van der Waals surface area contributed by atoms with Crippen molar-refractivity contribution in [2.24, 2.45) is 0 Å². The smallest absolute Gasteiger partial charge is 0.252 e. The van der Waals surface area contributed by atoms with Crippen molar-refractivity contribution in [3.63, 3.8) is 0 Å². The molecule has 0 amide bonds. The van der Waals surface area contributed by atoms with Crippen LogP contribution in [0.2, 0.25) is 0 Å². The van der Waals surface area contributed by atoms with Gasteiger partial charge in [-0.15, -0.1) is 0 Å². The monoisotopic (exact) mass is 175 g/mol. The van der Waals surface area contributed by atoms with Gasteiger partial charge in [-0.25, -0.2) is 4.98 Å². The minimum atomic E-state index is 0.436. The summed E-state index contributed by atoms with van der Waals surface area (Å²) in [5.74, 6) is 0.443. The Bertz CT molecular complexity index is 532. The molecule has 0 aromatic carbocycles. The van der Waals surface area contributed by atoms with E-state index in [0.29, 0.717) is 22.7 Å². The fourth-order valence-corrected chi connectivity index (χ4v) is 1.27. The van der Waals surface area contributed by atoms with Gasteiger partial charge in [-0.05, 0) is 0 Å². The molecule has 0 radical (unpaired) electrons. The fourth-order valence-electron chi connectivity index (χ4n) is 1.27. The summed E-state index contributed by atoms with van der Waals surface area (Å²) >= 11 is 0. The summed E-state index contributed by atoms with van der Waals surface area (Å²) in [7, 11) is 0. The van der Waals surface area contributed by atoms with Crippen LogP contribution < -0.4 is 5.73 Å². The molecule has 6 heteroatoms. The van der Waals surface area contributed by atoms with E-state index >= 15 is 0 Å². The van der Waals surface area contributed by atoms with Crippen molar-refractivity contribution < 1.29 is 4.42 Å². The Morgan fingerprint density at radius 1 is 1.46 bits per heavy atom. The average Bonchev–Trinajstić information content (AvgIpc) is 2.71. The van der Waals surface area contributed by atoms with E-state index in [9.17, 15) is 0 Å². The number of hydrogen-bond acceptors (Lipinski definition) is 5. The van der Waals surface area contributed by atoms with Gasteiger partial charge in [0.15, 0.2) is 23.4 Å². The van der Waals surface area contributed by atoms with Crippen LogP contribution >= 0.6 is 0 Å². The zero-order valence-electron chi connectivity index (χ0n) is 6.51. The van der Waals surface area contributed by atoms with Crippen LogP contribution in [0, 0.1) is 0 Å². The maximum absolute atomic E-state index is 5.78. The van der Waals surface area contributed by atoms with E-state index in [0.717, 1.165) is 0 Å². The lowest BCUT2D eigenvalue weighted by atomic mass is 10.5. The molecule has 0 atom stereocenters. The minimum absolute atomic E-state index is 0.436. The standard InChI is InChI=1S/C7H5N5O/c8-6-5-7(13-3-9-5)11-4-1-2-10-12(4)6/h1-3H,8H2. The number of fused-ring (bicyclic) bond motifs is 2. The van der Waals surface area contributed by atoms with Crippen molar-refractivity contribution in [2.75, 3.05) is 5.73 Å². The Morgan fingerprint density at radius 3 is 3.31 bits per heavy atom. The van der Waals surface area contributed by atoms with Gasteiger partial charge in [0.1, 0.15) is 0 Å². The van der Waals surface area contributed by atoms with Crippen molar-refractivity contribution >= 4 is 22.7 Å². The third kappa shape index (κ3) is 0.689. The summed E-state index contributed by atoms with van der Waals surface area (Å²) in [4.78, 5) is 8.08. The Kier molecular flexibility index (Phi) is 0.974. The summed E-state index contributed by atoms with van der Waals surface area (Å²) in [6.45, 7) is 0. The zero-order valence-corrected chi connectivity index (χ0v) is 6.51. The van der Waals surface area contributed by atoms with Crippen LogP contribution in [0.15, 0.2) is 23.1 Å². The lowest BCUT2D eigenvalue weighted by Gasteiger charge is -1.96. The first-order chi connectivity index (χ1) is 6.36. The topological polar surface area (TPSA) is 82.2 Å². The minimum Gasteiger partial charge on any atom is -0.425 e. The van der Waals surface area contributed by atoms with Gasteiger partial charge in [-0.3, -0.25) is 0 Å². The molecule has 0 aliphatic carbocycles. The van der Waals surface area contributed by atoms with E-state index in [1.165, 1.54) is 10.9 Å². The molecule has 3 heterocycles. The highest BCUT2D eigenvalue weighted by Gasteiger charge is 2.09. The van der Waals surface area contributed by atoms with Crippen LogP contribution in [0.4, 0.5) is 5.82 Å². The number of oxazole rings is 1. The van der Waals surface area contributed by atoms with Gasteiger partial charge in [0, 0.05) is 6.07 Å². The van der Waals surface area contributed by atoms with Crippen molar-refractivity contribution in [3.05, 3.63) is 18.7 Å². The molecule has 2 N–H and O–H groups in total. The van der Waals surface area contributed by atoms with Crippen LogP contribution in [0.5, 0.6) is 0 Å². The summed E-state index contributed by atoms with van der Waals surface area (Å²) in [6.07, 6.45) is 2.94. The molecule has 6 nitrogen and oxygen atoms in total. The van der Waals surface area contributed by atoms with Gasteiger partial charge in [-0.2, -0.15) is 14.6 Å².